The highest BCUT2D eigenvalue weighted by molar-refractivity contribution is 9.10. The van der Waals surface area contributed by atoms with Gasteiger partial charge in [-0.3, -0.25) is 0 Å². The second kappa shape index (κ2) is 4.12. The Morgan fingerprint density at radius 2 is 2.20 bits per heavy atom. The summed E-state index contributed by atoms with van der Waals surface area (Å²) in [6.07, 6.45) is 3.14. The fourth-order valence-electron chi connectivity index (χ4n) is 2.08. The van der Waals surface area contributed by atoms with Crippen LogP contribution >= 0.6 is 15.9 Å². The third-order valence-electron chi connectivity index (χ3n) is 2.93. The van der Waals surface area contributed by atoms with Crippen LogP contribution in [0.4, 0.5) is 0 Å². The number of nitrogens with two attached hydrogens (primary N) is 1. The molecule has 1 aliphatic rings. The predicted molar refractivity (Wildman–Crippen MR) is 61.8 cm³/mol. The number of hydrogen-bond acceptors (Lipinski definition) is 3. The second-order valence-corrected chi connectivity index (χ2v) is 4.70. The van der Waals surface area contributed by atoms with Crippen molar-refractivity contribution < 1.29 is 10.2 Å². The number of aliphatic hydroxyl groups is 1. The largest absolute Gasteiger partial charge is 0.506 e. The van der Waals surface area contributed by atoms with Crippen LogP contribution in [0, 0.1) is 0 Å². The minimum atomic E-state index is -0.507. The van der Waals surface area contributed by atoms with Crippen molar-refractivity contribution >= 4 is 15.9 Å². The van der Waals surface area contributed by atoms with Gasteiger partial charge in [0, 0.05) is 5.56 Å². The van der Waals surface area contributed by atoms with Gasteiger partial charge in [-0.05, 0) is 46.3 Å². The van der Waals surface area contributed by atoms with Crippen LogP contribution in [0.2, 0.25) is 0 Å². The smallest absolute Gasteiger partial charge is 0.134 e. The molecule has 0 saturated carbocycles. The van der Waals surface area contributed by atoms with Gasteiger partial charge in [0.15, 0.2) is 0 Å². The van der Waals surface area contributed by atoms with Gasteiger partial charge in [-0.2, -0.15) is 0 Å². The number of aryl methyl sites for hydroxylation is 1. The molecule has 0 fully saturated rings. The van der Waals surface area contributed by atoms with Gasteiger partial charge in [-0.1, -0.05) is 6.07 Å². The summed E-state index contributed by atoms with van der Waals surface area (Å²) >= 11 is 3.39. The van der Waals surface area contributed by atoms with Crippen LogP contribution in [0.15, 0.2) is 10.5 Å². The Balaban J connectivity index is 2.54. The third kappa shape index (κ3) is 1.77. The summed E-state index contributed by atoms with van der Waals surface area (Å²) in [6.45, 7) is -0.154. The molecule has 0 amide bonds. The molecule has 0 aromatic heterocycles. The minimum Gasteiger partial charge on any atom is -0.506 e. The van der Waals surface area contributed by atoms with Gasteiger partial charge < -0.3 is 15.9 Å². The Labute approximate surface area is 97.0 Å². The van der Waals surface area contributed by atoms with Crippen molar-refractivity contribution in [3.05, 3.63) is 27.2 Å². The summed E-state index contributed by atoms with van der Waals surface area (Å²) in [5, 5.41) is 18.9. The summed E-state index contributed by atoms with van der Waals surface area (Å²) < 4.78 is 0.747. The van der Waals surface area contributed by atoms with Crippen LogP contribution in [-0.4, -0.2) is 16.8 Å². The first-order valence-corrected chi connectivity index (χ1v) is 5.84. The lowest BCUT2D eigenvalue weighted by molar-refractivity contribution is 0.265. The molecule has 0 bridgehead atoms. The van der Waals surface area contributed by atoms with E-state index in [9.17, 15) is 5.11 Å². The molecule has 82 valence electrons. The summed E-state index contributed by atoms with van der Waals surface area (Å²) in [5.74, 6) is 0.178. The highest BCUT2D eigenvalue weighted by Gasteiger charge is 2.21. The topological polar surface area (TPSA) is 66.5 Å². The molecule has 0 spiro atoms. The van der Waals surface area contributed by atoms with E-state index in [2.05, 4.69) is 15.9 Å². The SMILES string of the molecule is NC(CO)c1cc2c(c(Br)c1O)CCC2. The van der Waals surface area contributed by atoms with E-state index in [4.69, 9.17) is 10.8 Å². The van der Waals surface area contributed by atoms with E-state index in [1.807, 2.05) is 6.07 Å². The maximum absolute atomic E-state index is 9.93. The fraction of sp³-hybridized carbons (Fsp3) is 0.455. The fourth-order valence-corrected chi connectivity index (χ4v) is 2.77. The van der Waals surface area contributed by atoms with Gasteiger partial charge in [0.05, 0.1) is 17.1 Å². The normalized spacial score (nSPS) is 16.5. The van der Waals surface area contributed by atoms with Crippen LogP contribution in [0.5, 0.6) is 5.75 Å². The molecule has 1 aromatic carbocycles. The number of halogens is 1. The van der Waals surface area contributed by atoms with Crippen molar-refractivity contribution in [3.8, 4) is 5.75 Å². The third-order valence-corrected chi connectivity index (χ3v) is 3.79. The average Bonchev–Trinajstić information content (AvgIpc) is 2.70. The number of aliphatic hydroxyl groups excluding tert-OH is 1. The van der Waals surface area contributed by atoms with Crippen molar-refractivity contribution in [1.82, 2.24) is 0 Å². The molecule has 1 aliphatic carbocycles. The predicted octanol–water partition coefficient (Wildman–Crippen LogP) is 1.64. The van der Waals surface area contributed by atoms with E-state index >= 15 is 0 Å². The van der Waals surface area contributed by atoms with E-state index < -0.39 is 6.04 Å². The van der Waals surface area contributed by atoms with Crippen LogP contribution in [0.25, 0.3) is 0 Å². The van der Waals surface area contributed by atoms with Crippen molar-refractivity contribution in [2.24, 2.45) is 5.73 Å². The molecular weight excluding hydrogens is 258 g/mol. The highest BCUT2D eigenvalue weighted by Crippen LogP contribution is 2.40. The zero-order valence-electron chi connectivity index (χ0n) is 8.33. The van der Waals surface area contributed by atoms with E-state index in [0.717, 1.165) is 23.7 Å². The maximum Gasteiger partial charge on any atom is 0.134 e. The Bertz CT molecular complexity index is 393. The van der Waals surface area contributed by atoms with Crippen molar-refractivity contribution in [3.63, 3.8) is 0 Å². The zero-order valence-corrected chi connectivity index (χ0v) is 9.92. The molecule has 0 saturated heterocycles. The Kier molecular flexibility index (Phi) is 3.00. The van der Waals surface area contributed by atoms with Crippen molar-refractivity contribution in [2.45, 2.75) is 25.3 Å². The molecule has 15 heavy (non-hydrogen) atoms. The van der Waals surface area contributed by atoms with E-state index in [0.29, 0.717) is 5.56 Å². The number of rotatable bonds is 2. The van der Waals surface area contributed by atoms with Crippen LogP contribution < -0.4 is 5.73 Å². The van der Waals surface area contributed by atoms with E-state index in [1.54, 1.807) is 0 Å². The lowest BCUT2D eigenvalue weighted by atomic mass is 10.0. The van der Waals surface area contributed by atoms with Gasteiger partial charge in [0.2, 0.25) is 0 Å². The molecule has 1 unspecified atom stereocenters. The standard InChI is InChI=1S/C11H14BrNO2/c12-10-7-3-1-2-6(7)4-8(11(10)15)9(13)5-14/h4,9,14-15H,1-3,5,13H2. The lowest BCUT2D eigenvalue weighted by Crippen LogP contribution is -2.15. The molecule has 2 rings (SSSR count). The van der Waals surface area contributed by atoms with E-state index in [1.165, 1.54) is 11.1 Å². The summed E-state index contributed by atoms with van der Waals surface area (Å²) in [4.78, 5) is 0. The van der Waals surface area contributed by atoms with Crippen LogP contribution in [-0.2, 0) is 12.8 Å². The van der Waals surface area contributed by atoms with E-state index in [-0.39, 0.29) is 12.4 Å². The molecule has 1 aromatic rings. The van der Waals surface area contributed by atoms with Gasteiger partial charge >= 0.3 is 0 Å². The second-order valence-electron chi connectivity index (χ2n) is 3.91. The Hall–Kier alpha value is -0.580. The lowest BCUT2D eigenvalue weighted by Gasteiger charge is -2.15. The average molecular weight is 272 g/mol. The highest BCUT2D eigenvalue weighted by atomic mass is 79.9. The first-order chi connectivity index (χ1) is 7.15. The van der Waals surface area contributed by atoms with Gasteiger partial charge in [0.1, 0.15) is 5.75 Å². The van der Waals surface area contributed by atoms with Gasteiger partial charge in [-0.15, -0.1) is 0 Å². The molecule has 3 nitrogen and oxygen atoms in total. The number of benzene rings is 1. The molecule has 0 heterocycles. The Morgan fingerprint density at radius 1 is 1.47 bits per heavy atom. The summed E-state index contributed by atoms with van der Waals surface area (Å²) in [7, 11) is 0. The minimum absolute atomic E-state index is 0.154. The molecule has 4 N–H and O–H groups in total. The summed E-state index contributed by atoms with van der Waals surface area (Å²) in [5.41, 5.74) is 8.77. The van der Waals surface area contributed by atoms with Gasteiger partial charge in [-0.25, -0.2) is 0 Å². The number of fused-ring (bicyclic) bond motifs is 1. The number of hydrogen-bond donors (Lipinski definition) is 3. The molecule has 0 aliphatic heterocycles. The van der Waals surface area contributed by atoms with Gasteiger partial charge in [0.25, 0.3) is 0 Å². The molecule has 1 atom stereocenters. The monoisotopic (exact) mass is 271 g/mol. The number of phenols is 1. The van der Waals surface area contributed by atoms with Crippen LogP contribution in [0.3, 0.4) is 0 Å². The quantitative estimate of drug-likeness (QED) is 0.766. The number of aromatic hydroxyl groups is 1. The maximum atomic E-state index is 9.93. The molecule has 4 heteroatoms. The molecule has 0 radical (unpaired) electrons. The van der Waals surface area contributed by atoms with Crippen LogP contribution in [0.1, 0.15) is 29.2 Å². The molecular formula is C11H14BrNO2. The summed E-state index contributed by atoms with van der Waals surface area (Å²) in [6, 6.07) is 1.41. The van der Waals surface area contributed by atoms with Crippen molar-refractivity contribution in [1.29, 1.82) is 0 Å². The zero-order chi connectivity index (χ0) is 11.0. The first-order valence-electron chi connectivity index (χ1n) is 5.04. The first kappa shape index (κ1) is 10.9. The van der Waals surface area contributed by atoms with Crippen molar-refractivity contribution in [2.75, 3.05) is 6.61 Å². The Morgan fingerprint density at radius 3 is 2.87 bits per heavy atom. The number of phenolic OH excluding ortho intramolecular Hbond substituents is 1.